The summed E-state index contributed by atoms with van der Waals surface area (Å²) in [7, 11) is 1.71. The molecule has 0 unspecified atom stereocenters. The van der Waals surface area contributed by atoms with E-state index in [2.05, 4.69) is 28.9 Å². The minimum absolute atomic E-state index is 0.0417. The molecule has 12 heavy (non-hydrogen) atoms. The SMILES string of the molecule is CC=C(C)CBr.COC(C)(C)C. The average molecular weight is 237 g/mol. The van der Waals surface area contributed by atoms with Crippen molar-refractivity contribution in [2.45, 2.75) is 40.2 Å². The topological polar surface area (TPSA) is 9.23 Å². The fourth-order valence-corrected chi connectivity index (χ4v) is 0.401. The van der Waals surface area contributed by atoms with Crippen LogP contribution in [0.5, 0.6) is 0 Å². The quantitative estimate of drug-likeness (QED) is 0.498. The number of ether oxygens (including phenoxy) is 1. The van der Waals surface area contributed by atoms with Crippen LogP contribution in [0, 0.1) is 0 Å². The van der Waals surface area contributed by atoms with Crippen LogP contribution in [0.25, 0.3) is 0 Å². The molecule has 2 heteroatoms. The Hall–Kier alpha value is 0.180. The first kappa shape index (κ1) is 14.7. The molecule has 0 aromatic heterocycles. The van der Waals surface area contributed by atoms with E-state index >= 15 is 0 Å². The molecule has 0 heterocycles. The molecule has 0 saturated heterocycles. The summed E-state index contributed by atoms with van der Waals surface area (Å²) in [5.74, 6) is 0. The number of hydrogen-bond acceptors (Lipinski definition) is 1. The van der Waals surface area contributed by atoms with Gasteiger partial charge in [-0.1, -0.05) is 27.6 Å². The highest BCUT2D eigenvalue weighted by molar-refractivity contribution is 9.09. The molecule has 0 amide bonds. The van der Waals surface area contributed by atoms with Crippen molar-refractivity contribution in [3.63, 3.8) is 0 Å². The van der Waals surface area contributed by atoms with Crippen LogP contribution in [0.3, 0.4) is 0 Å². The zero-order valence-corrected chi connectivity index (χ0v) is 10.7. The first-order chi connectivity index (χ1) is 5.37. The van der Waals surface area contributed by atoms with Gasteiger partial charge in [-0.25, -0.2) is 0 Å². The van der Waals surface area contributed by atoms with Gasteiger partial charge in [-0.3, -0.25) is 0 Å². The predicted octanol–water partition coefficient (Wildman–Crippen LogP) is 3.78. The average Bonchev–Trinajstić information content (AvgIpc) is 2.03. The first-order valence-electron chi connectivity index (χ1n) is 4.10. The van der Waals surface area contributed by atoms with Gasteiger partial charge in [0, 0.05) is 12.4 Å². The smallest absolute Gasteiger partial charge is 0.0594 e. The molecule has 0 aliphatic heterocycles. The Morgan fingerprint density at radius 3 is 1.75 bits per heavy atom. The van der Waals surface area contributed by atoms with Crippen molar-refractivity contribution in [2.75, 3.05) is 12.4 Å². The Balaban J connectivity index is 0. The van der Waals surface area contributed by atoms with Crippen molar-refractivity contribution < 1.29 is 4.74 Å². The van der Waals surface area contributed by atoms with Crippen LogP contribution in [-0.4, -0.2) is 18.0 Å². The van der Waals surface area contributed by atoms with E-state index in [-0.39, 0.29) is 5.60 Å². The number of allylic oxidation sites excluding steroid dienone is 2. The maximum atomic E-state index is 4.94. The van der Waals surface area contributed by atoms with E-state index in [1.165, 1.54) is 5.57 Å². The van der Waals surface area contributed by atoms with Gasteiger partial charge in [-0.05, 0) is 34.6 Å². The van der Waals surface area contributed by atoms with Gasteiger partial charge in [-0.15, -0.1) is 0 Å². The van der Waals surface area contributed by atoms with Gasteiger partial charge in [0.1, 0.15) is 0 Å². The Morgan fingerprint density at radius 1 is 1.42 bits per heavy atom. The zero-order valence-electron chi connectivity index (χ0n) is 9.07. The van der Waals surface area contributed by atoms with Gasteiger partial charge >= 0.3 is 0 Å². The molecular weight excluding hydrogens is 216 g/mol. The molecule has 0 radical (unpaired) electrons. The van der Waals surface area contributed by atoms with Gasteiger partial charge in [0.05, 0.1) is 5.60 Å². The normalized spacial score (nSPS) is 12.1. The highest BCUT2D eigenvalue weighted by Gasteiger charge is 2.03. The second-order valence-corrected chi connectivity index (χ2v) is 4.15. The monoisotopic (exact) mass is 236 g/mol. The van der Waals surface area contributed by atoms with Gasteiger partial charge in [0.2, 0.25) is 0 Å². The summed E-state index contributed by atoms with van der Waals surface area (Å²) in [4.78, 5) is 0. The summed E-state index contributed by atoms with van der Waals surface area (Å²) < 4.78 is 4.94. The second kappa shape index (κ2) is 7.81. The van der Waals surface area contributed by atoms with Crippen molar-refractivity contribution in [1.29, 1.82) is 0 Å². The molecule has 0 saturated carbocycles. The summed E-state index contributed by atoms with van der Waals surface area (Å²) in [5, 5.41) is 1.00. The summed E-state index contributed by atoms with van der Waals surface area (Å²) in [6, 6.07) is 0. The van der Waals surface area contributed by atoms with E-state index in [1.54, 1.807) is 7.11 Å². The highest BCUT2D eigenvalue weighted by atomic mass is 79.9. The molecule has 0 aromatic rings. The molecule has 74 valence electrons. The molecule has 0 fully saturated rings. The summed E-state index contributed by atoms with van der Waals surface area (Å²) in [6.07, 6.45) is 2.09. The number of halogens is 1. The zero-order chi connectivity index (χ0) is 10.2. The van der Waals surface area contributed by atoms with Gasteiger partial charge in [0.15, 0.2) is 0 Å². The van der Waals surface area contributed by atoms with Gasteiger partial charge in [0.25, 0.3) is 0 Å². The van der Waals surface area contributed by atoms with Crippen molar-refractivity contribution >= 4 is 15.9 Å². The molecule has 0 aliphatic carbocycles. The van der Waals surface area contributed by atoms with Crippen LogP contribution < -0.4 is 0 Å². The molecule has 0 atom stereocenters. The largest absolute Gasteiger partial charge is 0.379 e. The fourth-order valence-electron chi connectivity index (χ4n) is 0.0772. The van der Waals surface area contributed by atoms with E-state index in [0.717, 1.165) is 5.33 Å². The lowest BCUT2D eigenvalue weighted by Crippen LogP contribution is -2.15. The van der Waals surface area contributed by atoms with E-state index in [4.69, 9.17) is 4.74 Å². The molecular formula is C10H21BrO. The van der Waals surface area contributed by atoms with Gasteiger partial charge in [-0.2, -0.15) is 0 Å². The number of alkyl halides is 1. The van der Waals surface area contributed by atoms with Crippen LogP contribution in [-0.2, 0) is 4.74 Å². The number of methoxy groups -OCH3 is 1. The lowest BCUT2D eigenvalue weighted by molar-refractivity contribution is 0.0397. The fraction of sp³-hybridized carbons (Fsp3) is 0.800. The third kappa shape index (κ3) is 16.6. The van der Waals surface area contributed by atoms with Crippen molar-refractivity contribution in [1.82, 2.24) is 0 Å². The van der Waals surface area contributed by atoms with Gasteiger partial charge < -0.3 is 4.74 Å². The number of hydrogen-bond donors (Lipinski definition) is 0. The standard InChI is InChI=1S/C5H9Br.C5H12O/c1-3-5(2)4-6;1-5(2,3)6-4/h3H,4H2,1-2H3;1-4H3. The third-order valence-electron chi connectivity index (χ3n) is 1.32. The Bertz CT molecular complexity index is 122. The van der Waals surface area contributed by atoms with E-state index < -0.39 is 0 Å². The maximum Gasteiger partial charge on any atom is 0.0594 e. The lowest BCUT2D eigenvalue weighted by atomic mass is 10.2. The van der Waals surface area contributed by atoms with E-state index in [9.17, 15) is 0 Å². The minimum atomic E-state index is 0.0417. The summed E-state index contributed by atoms with van der Waals surface area (Å²) in [5.41, 5.74) is 1.43. The molecule has 0 N–H and O–H groups in total. The highest BCUT2D eigenvalue weighted by Crippen LogP contribution is 2.02. The second-order valence-electron chi connectivity index (χ2n) is 3.59. The van der Waals surface area contributed by atoms with Crippen molar-refractivity contribution in [3.05, 3.63) is 11.6 Å². The summed E-state index contributed by atoms with van der Waals surface area (Å²) in [6.45, 7) is 10.2. The first-order valence-corrected chi connectivity index (χ1v) is 5.22. The minimum Gasteiger partial charge on any atom is -0.379 e. The maximum absolute atomic E-state index is 4.94. The molecule has 0 spiro atoms. The van der Waals surface area contributed by atoms with E-state index in [1.807, 2.05) is 27.7 Å². The Kier molecular flexibility index (Phi) is 9.56. The molecule has 0 aromatic carbocycles. The van der Waals surface area contributed by atoms with Crippen LogP contribution in [0.2, 0.25) is 0 Å². The lowest BCUT2D eigenvalue weighted by Gasteiger charge is -2.14. The van der Waals surface area contributed by atoms with Crippen LogP contribution in [0.15, 0.2) is 11.6 Å². The van der Waals surface area contributed by atoms with Crippen LogP contribution in [0.1, 0.15) is 34.6 Å². The van der Waals surface area contributed by atoms with Crippen LogP contribution >= 0.6 is 15.9 Å². The van der Waals surface area contributed by atoms with Crippen molar-refractivity contribution in [3.8, 4) is 0 Å². The molecule has 0 bridgehead atoms. The predicted molar refractivity (Wildman–Crippen MR) is 60.0 cm³/mol. The summed E-state index contributed by atoms with van der Waals surface area (Å²) >= 11 is 3.31. The van der Waals surface area contributed by atoms with Crippen molar-refractivity contribution in [2.24, 2.45) is 0 Å². The van der Waals surface area contributed by atoms with E-state index in [0.29, 0.717) is 0 Å². The number of rotatable bonds is 1. The molecule has 0 aliphatic rings. The third-order valence-corrected chi connectivity index (χ3v) is 2.20. The Morgan fingerprint density at radius 2 is 1.75 bits per heavy atom. The van der Waals surface area contributed by atoms with Crippen LogP contribution in [0.4, 0.5) is 0 Å². The Labute approximate surface area is 85.3 Å². The molecule has 0 rings (SSSR count). The molecule has 1 nitrogen and oxygen atoms in total.